The van der Waals surface area contributed by atoms with Crippen LogP contribution in [-0.4, -0.2) is 31.9 Å². The van der Waals surface area contributed by atoms with Gasteiger partial charge in [0, 0.05) is 17.5 Å². The molecule has 0 amide bonds. The van der Waals surface area contributed by atoms with E-state index in [1.165, 1.54) is 12.1 Å². The highest BCUT2D eigenvalue weighted by Crippen LogP contribution is 2.43. The summed E-state index contributed by atoms with van der Waals surface area (Å²) in [5.41, 5.74) is 10.3. The molecule has 1 unspecified atom stereocenters. The Morgan fingerprint density at radius 1 is 1.30 bits per heavy atom. The fraction of sp³-hybridized carbons (Fsp3) is 0.533. The zero-order chi connectivity index (χ0) is 17.5. The zero-order valence-corrected chi connectivity index (χ0v) is 14.0. The summed E-state index contributed by atoms with van der Waals surface area (Å²) in [4.78, 5) is 4.14. The average Bonchev–Trinajstić information content (AvgIpc) is 2.48. The van der Waals surface area contributed by atoms with Crippen molar-refractivity contribution < 1.29 is 17.2 Å². The van der Waals surface area contributed by atoms with E-state index in [1.54, 1.807) is 6.92 Å². The maximum Gasteiger partial charge on any atom is 0.160 e. The third-order valence-electron chi connectivity index (χ3n) is 4.74. The first kappa shape index (κ1) is 17.7. The molecule has 2 atom stereocenters. The minimum absolute atomic E-state index is 0.00107. The van der Waals surface area contributed by atoms with Gasteiger partial charge in [-0.2, -0.15) is 0 Å². The molecule has 8 heteroatoms. The predicted octanol–water partition coefficient (Wildman–Crippen LogP) is 1.92. The Kier molecular flexibility index (Phi) is 4.40. The standard InChI is InChI=1S/C15H21F2N3O2S/c1-3-15(23(2,21)22)7-6-14(9-16,20-13(15)19)11-8-10(18)4-5-12(11)17/h4-5,8H,3,6-7,9,18H2,1-2H3,(H2,19,20)/t14-,15?/m1/s1. The molecule has 0 aliphatic carbocycles. The summed E-state index contributed by atoms with van der Waals surface area (Å²) < 4.78 is 51.0. The van der Waals surface area contributed by atoms with E-state index in [-0.39, 0.29) is 36.3 Å². The molecule has 5 nitrogen and oxygen atoms in total. The monoisotopic (exact) mass is 345 g/mol. The van der Waals surface area contributed by atoms with Gasteiger partial charge in [-0.15, -0.1) is 0 Å². The summed E-state index contributed by atoms with van der Waals surface area (Å²) in [6.07, 6.45) is 1.42. The average molecular weight is 345 g/mol. The van der Waals surface area contributed by atoms with Gasteiger partial charge in [0.05, 0.1) is 0 Å². The smallest absolute Gasteiger partial charge is 0.160 e. The Bertz CT molecular complexity index is 751. The summed E-state index contributed by atoms with van der Waals surface area (Å²) in [5, 5.41) is 0. The molecule has 2 rings (SSSR count). The van der Waals surface area contributed by atoms with E-state index in [2.05, 4.69) is 4.99 Å². The lowest BCUT2D eigenvalue weighted by atomic mass is 9.79. The van der Waals surface area contributed by atoms with Gasteiger partial charge in [0.15, 0.2) is 9.84 Å². The third-order valence-corrected chi connectivity index (χ3v) is 6.86. The van der Waals surface area contributed by atoms with Crippen molar-refractivity contribution in [1.82, 2.24) is 0 Å². The van der Waals surface area contributed by atoms with Crippen molar-refractivity contribution in [3.63, 3.8) is 0 Å². The molecule has 0 spiro atoms. The van der Waals surface area contributed by atoms with Crippen LogP contribution in [0, 0.1) is 5.82 Å². The number of sulfone groups is 1. The minimum atomic E-state index is -3.54. The minimum Gasteiger partial charge on any atom is -0.399 e. The summed E-state index contributed by atoms with van der Waals surface area (Å²) in [6, 6.07) is 3.84. The summed E-state index contributed by atoms with van der Waals surface area (Å²) >= 11 is 0. The summed E-state index contributed by atoms with van der Waals surface area (Å²) in [5.74, 6) is -0.815. The van der Waals surface area contributed by atoms with Crippen LogP contribution in [0.25, 0.3) is 0 Å². The van der Waals surface area contributed by atoms with Gasteiger partial charge in [0.1, 0.15) is 28.6 Å². The van der Waals surface area contributed by atoms with Crippen LogP contribution in [0.3, 0.4) is 0 Å². The molecule has 0 radical (unpaired) electrons. The van der Waals surface area contributed by atoms with Crippen molar-refractivity contribution in [2.24, 2.45) is 10.7 Å². The highest BCUT2D eigenvalue weighted by molar-refractivity contribution is 7.92. The van der Waals surface area contributed by atoms with Gasteiger partial charge in [-0.25, -0.2) is 17.2 Å². The molecule has 0 bridgehead atoms. The number of nitrogen functional groups attached to an aromatic ring is 1. The Morgan fingerprint density at radius 3 is 2.43 bits per heavy atom. The van der Waals surface area contributed by atoms with E-state index < -0.39 is 32.6 Å². The Hall–Kier alpha value is -1.70. The second-order valence-corrected chi connectivity index (χ2v) is 8.35. The van der Waals surface area contributed by atoms with Crippen LogP contribution in [0.15, 0.2) is 23.2 Å². The number of amidine groups is 1. The zero-order valence-electron chi connectivity index (χ0n) is 13.1. The van der Waals surface area contributed by atoms with Crippen LogP contribution in [0.5, 0.6) is 0 Å². The number of rotatable bonds is 4. The third kappa shape index (κ3) is 2.69. The van der Waals surface area contributed by atoms with Crippen molar-refractivity contribution >= 4 is 21.4 Å². The Labute approximate surface area is 134 Å². The Morgan fingerprint density at radius 2 is 1.96 bits per heavy atom. The number of anilines is 1. The number of nitrogens with zero attached hydrogens (tertiary/aromatic N) is 1. The number of alkyl halides is 1. The van der Waals surface area contributed by atoms with Crippen LogP contribution in [0.2, 0.25) is 0 Å². The maximum atomic E-state index is 14.2. The lowest BCUT2D eigenvalue weighted by Crippen LogP contribution is -2.55. The van der Waals surface area contributed by atoms with Gasteiger partial charge in [-0.05, 0) is 37.5 Å². The maximum absolute atomic E-state index is 14.2. The highest BCUT2D eigenvalue weighted by Gasteiger charge is 2.51. The normalized spacial score (nSPS) is 28.4. The second kappa shape index (κ2) is 5.74. The first-order chi connectivity index (χ1) is 10.6. The first-order valence-electron chi connectivity index (χ1n) is 7.29. The topological polar surface area (TPSA) is 98.5 Å². The van der Waals surface area contributed by atoms with Gasteiger partial charge >= 0.3 is 0 Å². The fourth-order valence-electron chi connectivity index (χ4n) is 3.18. The number of hydrogen-bond donors (Lipinski definition) is 2. The van der Waals surface area contributed by atoms with Gasteiger partial charge in [-0.1, -0.05) is 6.92 Å². The molecule has 0 aromatic heterocycles. The molecule has 0 saturated carbocycles. The Balaban J connectivity index is 2.65. The summed E-state index contributed by atoms with van der Waals surface area (Å²) in [7, 11) is -3.54. The van der Waals surface area contributed by atoms with E-state index >= 15 is 0 Å². The van der Waals surface area contributed by atoms with Gasteiger partial charge in [0.2, 0.25) is 0 Å². The van der Waals surface area contributed by atoms with Crippen molar-refractivity contribution in [2.75, 3.05) is 18.7 Å². The molecule has 1 aromatic carbocycles. The molecule has 4 N–H and O–H groups in total. The van der Waals surface area contributed by atoms with Crippen molar-refractivity contribution in [3.05, 3.63) is 29.6 Å². The number of benzene rings is 1. The van der Waals surface area contributed by atoms with Crippen LogP contribution >= 0.6 is 0 Å². The fourth-order valence-corrected chi connectivity index (χ4v) is 4.61. The molecular weight excluding hydrogens is 324 g/mol. The molecular formula is C15H21F2N3O2S. The van der Waals surface area contributed by atoms with Crippen LogP contribution in [0.4, 0.5) is 14.5 Å². The lowest BCUT2D eigenvalue weighted by Gasteiger charge is -2.41. The van der Waals surface area contributed by atoms with E-state index in [0.29, 0.717) is 0 Å². The van der Waals surface area contributed by atoms with Crippen LogP contribution in [-0.2, 0) is 15.4 Å². The largest absolute Gasteiger partial charge is 0.399 e. The second-order valence-electron chi connectivity index (χ2n) is 6.02. The van der Waals surface area contributed by atoms with Crippen LogP contribution in [0.1, 0.15) is 31.7 Å². The van der Waals surface area contributed by atoms with Crippen molar-refractivity contribution in [1.29, 1.82) is 0 Å². The molecule has 0 fully saturated rings. The first-order valence-corrected chi connectivity index (χ1v) is 9.18. The number of halogens is 2. The van der Waals surface area contributed by atoms with E-state index in [1.807, 2.05) is 0 Å². The lowest BCUT2D eigenvalue weighted by molar-refractivity contribution is 0.262. The van der Waals surface area contributed by atoms with E-state index in [0.717, 1.165) is 12.3 Å². The molecule has 1 aliphatic rings. The van der Waals surface area contributed by atoms with E-state index in [4.69, 9.17) is 11.5 Å². The summed E-state index contributed by atoms with van der Waals surface area (Å²) in [6.45, 7) is 0.699. The van der Waals surface area contributed by atoms with Gasteiger partial charge in [0.25, 0.3) is 0 Å². The molecule has 1 aromatic rings. The number of hydrogen-bond acceptors (Lipinski definition) is 5. The molecule has 128 valence electrons. The van der Waals surface area contributed by atoms with Crippen molar-refractivity contribution in [3.8, 4) is 0 Å². The number of aliphatic imine (C=N–C) groups is 1. The van der Waals surface area contributed by atoms with Gasteiger partial charge < -0.3 is 11.5 Å². The van der Waals surface area contributed by atoms with E-state index in [9.17, 15) is 17.2 Å². The molecule has 0 saturated heterocycles. The predicted molar refractivity (Wildman–Crippen MR) is 87.2 cm³/mol. The molecule has 23 heavy (non-hydrogen) atoms. The van der Waals surface area contributed by atoms with Gasteiger partial charge in [-0.3, -0.25) is 4.99 Å². The quantitative estimate of drug-likeness (QED) is 0.815. The molecule has 1 heterocycles. The van der Waals surface area contributed by atoms with Crippen molar-refractivity contribution in [2.45, 2.75) is 36.5 Å². The SMILES string of the molecule is CCC1(S(C)(=O)=O)CC[C@@](CF)(c2cc(N)ccc2F)N=C1N. The van der Waals surface area contributed by atoms with Crippen LogP contribution < -0.4 is 11.5 Å². The molecule has 1 aliphatic heterocycles. The highest BCUT2D eigenvalue weighted by atomic mass is 32.2. The number of nitrogens with two attached hydrogens (primary N) is 2.